The Morgan fingerprint density at radius 1 is 1.10 bits per heavy atom. The molecule has 0 nitrogen and oxygen atoms in total. The summed E-state index contributed by atoms with van der Waals surface area (Å²) in [5, 5.41) is 0. The first-order chi connectivity index (χ1) is 9.29. The third-order valence-corrected chi connectivity index (χ3v) is 5.91. The van der Waals surface area contributed by atoms with Gasteiger partial charge in [0.2, 0.25) is 0 Å². The lowest BCUT2D eigenvalue weighted by Gasteiger charge is -2.38. The van der Waals surface area contributed by atoms with E-state index in [1.54, 1.807) is 0 Å². The largest absolute Gasteiger partial charge is 0.207 e. The molecule has 3 heteroatoms. The minimum atomic E-state index is -0.366. The van der Waals surface area contributed by atoms with Gasteiger partial charge in [-0.2, -0.15) is 0 Å². The molecule has 1 saturated carbocycles. The van der Waals surface area contributed by atoms with E-state index in [2.05, 4.69) is 36.7 Å². The summed E-state index contributed by atoms with van der Waals surface area (Å²) in [4.78, 5) is -0.0841. The summed E-state index contributed by atoms with van der Waals surface area (Å²) in [5.74, 6) is 0.446. The van der Waals surface area contributed by atoms with Crippen LogP contribution in [0.4, 0.5) is 8.78 Å². The van der Waals surface area contributed by atoms with Crippen molar-refractivity contribution in [3.05, 3.63) is 35.4 Å². The van der Waals surface area contributed by atoms with Gasteiger partial charge in [0.05, 0.1) is 0 Å². The van der Waals surface area contributed by atoms with Gasteiger partial charge in [-0.05, 0) is 61.1 Å². The number of hydrogen-bond donors (Lipinski definition) is 0. The van der Waals surface area contributed by atoms with Gasteiger partial charge >= 0.3 is 0 Å². The first kappa shape index (κ1) is 15.9. The molecule has 0 radical (unpaired) electrons. The van der Waals surface area contributed by atoms with Crippen molar-refractivity contribution in [1.82, 2.24) is 0 Å². The predicted octanol–water partition coefficient (Wildman–Crippen LogP) is 6.25. The molecule has 0 heterocycles. The molecule has 0 N–H and O–H groups in total. The van der Waals surface area contributed by atoms with Gasteiger partial charge in [0.15, 0.2) is 0 Å². The molecule has 1 aromatic carbocycles. The highest BCUT2D eigenvalue weighted by Crippen LogP contribution is 2.46. The van der Waals surface area contributed by atoms with Crippen molar-refractivity contribution in [3.8, 4) is 0 Å². The third kappa shape index (κ3) is 3.60. The number of rotatable bonds is 2. The second kappa shape index (κ2) is 6.13. The van der Waals surface area contributed by atoms with Crippen LogP contribution in [0.25, 0.3) is 0 Å². The van der Waals surface area contributed by atoms with E-state index < -0.39 is 0 Å². The Morgan fingerprint density at radius 3 is 2.25 bits per heavy atom. The second-order valence-corrected chi connectivity index (χ2v) is 8.03. The van der Waals surface area contributed by atoms with Gasteiger partial charge in [-0.25, -0.2) is 8.78 Å². The molecule has 0 bridgehead atoms. The van der Waals surface area contributed by atoms with E-state index in [0.717, 1.165) is 18.8 Å². The summed E-state index contributed by atoms with van der Waals surface area (Å²) in [6.07, 6.45) is 4.50. The highest BCUT2D eigenvalue weighted by atomic mass is 79.9. The van der Waals surface area contributed by atoms with Crippen LogP contribution < -0.4 is 0 Å². The molecule has 0 spiro atoms. The molecule has 112 valence electrons. The fraction of sp³-hybridized carbons (Fsp3) is 0.647. The molecule has 0 aromatic heterocycles. The van der Waals surface area contributed by atoms with Crippen LogP contribution in [-0.2, 0) is 0 Å². The lowest BCUT2D eigenvalue weighted by atomic mass is 9.69. The maximum absolute atomic E-state index is 13.8. The van der Waals surface area contributed by atoms with Crippen molar-refractivity contribution in [2.45, 2.75) is 51.3 Å². The van der Waals surface area contributed by atoms with Gasteiger partial charge in [-0.3, -0.25) is 0 Å². The molecule has 1 atom stereocenters. The van der Waals surface area contributed by atoms with Crippen LogP contribution in [0.5, 0.6) is 0 Å². The molecule has 1 unspecified atom stereocenters. The normalized spacial score (nSPS) is 25.5. The first-order valence-corrected chi connectivity index (χ1v) is 8.29. The van der Waals surface area contributed by atoms with Gasteiger partial charge in [0, 0.05) is 10.4 Å². The van der Waals surface area contributed by atoms with Gasteiger partial charge in [-0.15, -0.1) is 0 Å². The summed E-state index contributed by atoms with van der Waals surface area (Å²) < 4.78 is 27.1. The lowest BCUT2D eigenvalue weighted by molar-refractivity contribution is 0.149. The molecule has 0 saturated heterocycles. The Labute approximate surface area is 129 Å². The van der Waals surface area contributed by atoms with E-state index in [1.165, 1.54) is 31.0 Å². The molecular formula is C17H23BrF2. The van der Waals surface area contributed by atoms with E-state index in [1.807, 2.05) is 0 Å². The van der Waals surface area contributed by atoms with Crippen LogP contribution >= 0.6 is 15.9 Å². The van der Waals surface area contributed by atoms with Crippen LogP contribution in [0.2, 0.25) is 0 Å². The Bertz CT molecular complexity index is 457. The number of benzene rings is 1. The maximum atomic E-state index is 13.8. The molecule has 0 aliphatic heterocycles. The Balaban J connectivity index is 2.05. The zero-order valence-electron chi connectivity index (χ0n) is 12.4. The van der Waals surface area contributed by atoms with Crippen molar-refractivity contribution < 1.29 is 8.78 Å². The number of hydrogen-bond acceptors (Lipinski definition) is 0. The lowest BCUT2D eigenvalue weighted by Crippen LogP contribution is -2.27. The molecule has 1 aliphatic carbocycles. The molecule has 1 aliphatic rings. The van der Waals surface area contributed by atoms with Gasteiger partial charge in [-0.1, -0.05) is 36.7 Å². The third-order valence-electron chi connectivity index (χ3n) is 4.67. The molecule has 1 fully saturated rings. The standard InChI is InChI=1S/C17H23BrF2/c1-17(2,3)12-6-4-11(5-7-12)16(18)14-10-13(19)8-9-15(14)20/h8-12,16H,4-7H2,1-3H3. The Morgan fingerprint density at radius 2 is 1.70 bits per heavy atom. The average Bonchev–Trinajstić information content (AvgIpc) is 2.40. The van der Waals surface area contributed by atoms with Gasteiger partial charge < -0.3 is 0 Å². The average molecular weight is 345 g/mol. The second-order valence-electron chi connectivity index (χ2n) is 7.05. The topological polar surface area (TPSA) is 0 Å². The van der Waals surface area contributed by atoms with Crippen molar-refractivity contribution in [3.63, 3.8) is 0 Å². The summed E-state index contributed by atoms with van der Waals surface area (Å²) in [6, 6.07) is 3.72. The van der Waals surface area contributed by atoms with Gasteiger partial charge in [0.25, 0.3) is 0 Å². The van der Waals surface area contributed by atoms with E-state index >= 15 is 0 Å². The Kier molecular flexibility index (Phi) is 4.88. The summed E-state index contributed by atoms with van der Waals surface area (Å²) in [5.41, 5.74) is 0.806. The minimum absolute atomic E-state index is 0.0841. The van der Waals surface area contributed by atoms with Crippen LogP contribution in [0.3, 0.4) is 0 Å². The number of halogens is 3. The van der Waals surface area contributed by atoms with Crippen molar-refractivity contribution in [2.24, 2.45) is 17.3 Å². The highest BCUT2D eigenvalue weighted by Gasteiger charge is 2.33. The molecule has 0 amide bonds. The van der Waals surface area contributed by atoms with E-state index in [-0.39, 0.29) is 16.5 Å². The zero-order valence-corrected chi connectivity index (χ0v) is 14.0. The smallest absolute Gasteiger partial charge is 0.127 e. The minimum Gasteiger partial charge on any atom is -0.207 e. The Hall–Kier alpha value is -0.440. The summed E-state index contributed by atoms with van der Waals surface area (Å²) in [6.45, 7) is 6.86. The zero-order chi connectivity index (χ0) is 14.9. The fourth-order valence-electron chi connectivity index (χ4n) is 3.26. The van der Waals surface area contributed by atoms with Gasteiger partial charge in [0.1, 0.15) is 11.6 Å². The molecule has 1 aromatic rings. The van der Waals surface area contributed by atoms with E-state index in [9.17, 15) is 8.78 Å². The van der Waals surface area contributed by atoms with Crippen LogP contribution in [0.1, 0.15) is 56.8 Å². The van der Waals surface area contributed by atoms with Crippen LogP contribution in [0, 0.1) is 28.9 Å². The molecular weight excluding hydrogens is 322 g/mol. The van der Waals surface area contributed by atoms with Crippen LogP contribution in [-0.4, -0.2) is 0 Å². The first-order valence-electron chi connectivity index (χ1n) is 7.38. The predicted molar refractivity (Wildman–Crippen MR) is 82.9 cm³/mol. The van der Waals surface area contributed by atoms with E-state index in [0.29, 0.717) is 16.9 Å². The SMILES string of the molecule is CC(C)(C)C1CCC(C(Br)c2cc(F)ccc2F)CC1. The summed E-state index contributed by atoms with van der Waals surface area (Å²) in [7, 11) is 0. The van der Waals surface area contributed by atoms with Crippen LogP contribution in [0.15, 0.2) is 18.2 Å². The van der Waals surface area contributed by atoms with E-state index in [4.69, 9.17) is 0 Å². The molecule has 20 heavy (non-hydrogen) atoms. The molecule has 2 rings (SSSR count). The summed E-state index contributed by atoms with van der Waals surface area (Å²) >= 11 is 3.60. The monoisotopic (exact) mass is 344 g/mol. The van der Waals surface area contributed by atoms with Crippen molar-refractivity contribution in [1.29, 1.82) is 0 Å². The fourth-order valence-corrected chi connectivity index (χ4v) is 4.14. The highest BCUT2D eigenvalue weighted by molar-refractivity contribution is 9.09. The van der Waals surface area contributed by atoms with Crippen molar-refractivity contribution in [2.75, 3.05) is 0 Å². The maximum Gasteiger partial charge on any atom is 0.127 e. The van der Waals surface area contributed by atoms with Crippen molar-refractivity contribution >= 4 is 15.9 Å². The number of alkyl halides is 1. The quantitative estimate of drug-likeness (QED) is 0.556.